The van der Waals surface area contributed by atoms with Crippen molar-refractivity contribution in [3.05, 3.63) is 82.7 Å². The van der Waals surface area contributed by atoms with E-state index in [-0.39, 0.29) is 5.82 Å². The van der Waals surface area contributed by atoms with Gasteiger partial charge in [0.25, 0.3) is 0 Å². The van der Waals surface area contributed by atoms with Crippen molar-refractivity contribution in [3.8, 4) is 17.2 Å². The first kappa shape index (κ1) is 28.3. The van der Waals surface area contributed by atoms with E-state index < -0.39 is 0 Å². The number of hydrogen-bond donors (Lipinski definition) is 2. The number of likely N-dealkylation sites (tertiary alicyclic amines) is 1. The minimum absolute atomic E-state index is 0.301. The summed E-state index contributed by atoms with van der Waals surface area (Å²) in [4.78, 5) is 2.42. The lowest BCUT2D eigenvalue weighted by atomic mass is 9.79. The number of anilines is 1. The van der Waals surface area contributed by atoms with Crippen LogP contribution < -0.4 is 14.8 Å². The van der Waals surface area contributed by atoms with Crippen LogP contribution in [0.4, 0.5) is 10.1 Å². The highest BCUT2D eigenvalue weighted by Gasteiger charge is 2.26. The second-order valence-electron chi connectivity index (χ2n) is 12.2. The Kier molecular flexibility index (Phi) is 8.84. The van der Waals surface area contributed by atoms with E-state index in [0.29, 0.717) is 42.4 Å². The molecule has 2 aliphatic rings. The third kappa shape index (κ3) is 7.08. The van der Waals surface area contributed by atoms with Crippen LogP contribution in [0.3, 0.4) is 0 Å². The highest BCUT2D eigenvalue weighted by molar-refractivity contribution is 5.58. The van der Waals surface area contributed by atoms with Gasteiger partial charge in [-0.3, -0.25) is 4.90 Å². The van der Waals surface area contributed by atoms with Crippen molar-refractivity contribution in [1.29, 1.82) is 0 Å². The lowest BCUT2D eigenvalue weighted by Crippen LogP contribution is -2.41. The maximum absolute atomic E-state index is 14.8. The monoisotopic (exact) mass is 546 g/mol. The van der Waals surface area contributed by atoms with Gasteiger partial charge in [-0.05, 0) is 109 Å². The van der Waals surface area contributed by atoms with Crippen molar-refractivity contribution in [2.75, 3.05) is 45.2 Å². The molecular weight excluding hydrogens is 503 g/mol. The molecule has 5 rings (SSSR count). The van der Waals surface area contributed by atoms with Crippen LogP contribution in [0.15, 0.2) is 54.6 Å². The maximum atomic E-state index is 14.8. The Labute approximate surface area is 238 Å². The van der Waals surface area contributed by atoms with Gasteiger partial charge in [0.15, 0.2) is 11.6 Å². The van der Waals surface area contributed by atoms with E-state index in [1.54, 1.807) is 25.3 Å². The standard InChI is InChI=1S/C34H43FN2O3/c1-34(2)14-4-16-37(23-34)17-18-40-33-12-5-24(19-31(33)35)13-15-36-32-22-29(39-3)10-11-30(32)27-7-6-26-21-28(38)9-8-25(26)20-27/h5,8-12,19,21-22,27,36,38H,4,6-7,13-18,20,23H2,1-3H3. The van der Waals surface area contributed by atoms with Gasteiger partial charge in [-0.15, -0.1) is 0 Å². The second-order valence-corrected chi connectivity index (χ2v) is 12.2. The zero-order valence-corrected chi connectivity index (χ0v) is 24.1. The molecule has 2 N–H and O–H groups in total. The van der Waals surface area contributed by atoms with Crippen LogP contribution in [-0.2, 0) is 19.3 Å². The van der Waals surface area contributed by atoms with Crippen LogP contribution in [0.2, 0.25) is 0 Å². The van der Waals surface area contributed by atoms with Gasteiger partial charge in [0.05, 0.1) is 7.11 Å². The summed E-state index contributed by atoms with van der Waals surface area (Å²) in [7, 11) is 1.68. The fourth-order valence-electron chi connectivity index (χ4n) is 6.36. The van der Waals surface area contributed by atoms with Gasteiger partial charge in [-0.2, -0.15) is 0 Å². The number of piperidine rings is 1. The summed E-state index contributed by atoms with van der Waals surface area (Å²) in [6, 6.07) is 17.3. The SMILES string of the molecule is COc1ccc(C2CCc3cc(O)ccc3C2)c(NCCc2ccc(OCCN3CCCC(C)(C)C3)c(F)c2)c1. The molecule has 1 aliphatic carbocycles. The van der Waals surface area contributed by atoms with Crippen LogP contribution >= 0.6 is 0 Å². The lowest BCUT2D eigenvalue weighted by molar-refractivity contribution is 0.101. The van der Waals surface area contributed by atoms with Crippen molar-refractivity contribution in [3.63, 3.8) is 0 Å². The van der Waals surface area contributed by atoms with Crippen molar-refractivity contribution in [1.82, 2.24) is 4.90 Å². The Morgan fingerprint density at radius 2 is 1.95 bits per heavy atom. The van der Waals surface area contributed by atoms with Crippen molar-refractivity contribution >= 4 is 5.69 Å². The molecule has 0 aromatic heterocycles. The molecule has 0 saturated carbocycles. The number of methoxy groups -OCH3 is 1. The third-order valence-electron chi connectivity index (χ3n) is 8.49. The number of phenolic OH excluding ortho intramolecular Hbond substituents is 1. The maximum Gasteiger partial charge on any atom is 0.165 e. The normalized spacial score (nSPS) is 18.6. The zero-order valence-electron chi connectivity index (χ0n) is 24.1. The van der Waals surface area contributed by atoms with Gasteiger partial charge in [0.1, 0.15) is 18.1 Å². The molecule has 1 unspecified atom stereocenters. The summed E-state index contributed by atoms with van der Waals surface area (Å²) in [5, 5.41) is 13.4. The van der Waals surface area contributed by atoms with Crippen LogP contribution in [0.1, 0.15) is 61.3 Å². The van der Waals surface area contributed by atoms with E-state index in [4.69, 9.17) is 9.47 Å². The largest absolute Gasteiger partial charge is 0.508 e. The number of aromatic hydroxyl groups is 1. The van der Waals surface area contributed by atoms with Gasteiger partial charge < -0.3 is 19.9 Å². The topological polar surface area (TPSA) is 54.0 Å². The molecule has 1 saturated heterocycles. The van der Waals surface area contributed by atoms with Gasteiger partial charge in [-0.25, -0.2) is 4.39 Å². The fraction of sp³-hybridized carbons (Fsp3) is 0.471. The number of ether oxygens (including phenoxy) is 2. The molecule has 1 atom stereocenters. The Hall–Kier alpha value is -3.25. The summed E-state index contributed by atoms with van der Waals surface area (Å²) < 4.78 is 26.2. The Bertz CT molecular complexity index is 1310. The van der Waals surface area contributed by atoms with Crippen LogP contribution in [0.5, 0.6) is 17.2 Å². The number of nitrogens with one attached hydrogen (secondary N) is 1. The van der Waals surface area contributed by atoms with Gasteiger partial charge in [-0.1, -0.05) is 32.0 Å². The van der Waals surface area contributed by atoms with E-state index in [9.17, 15) is 9.50 Å². The number of benzene rings is 3. The number of fused-ring (bicyclic) bond motifs is 1. The second kappa shape index (κ2) is 12.5. The van der Waals surface area contributed by atoms with E-state index >= 15 is 0 Å². The number of halogens is 1. The average molecular weight is 547 g/mol. The van der Waals surface area contributed by atoms with E-state index in [2.05, 4.69) is 36.2 Å². The molecule has 0 spiro atoms. The molecule has 40 heavy (non-hydrogen) atoms. The summed E-state index contributed by atoms with van der Waals surface area (Å²) >= 11 is 0. The van der Waals surface area contributed by atoms with Crippen LogP contribution in [-0.4, -0.2) is 49.9 Å². The summed E-state index contributed by atoms with van der Waals surface area (Å²) in [5.74, 6) is 1.56. The summed E-state index contributed by atoms with van der Waals surface area (Å²) in [5.41, 5.74) is 6.15. The Morgan fingerprint density at radius 1 is 1.07 bits per heavy atom. The summed E-state index contributed by atoms with van der Waals surface area (Å²) in [6.07, 6.45) is 6.09. The number of phenols is 1. The molecule has 1 aliphatic heterocycles. The van der Waals surface area contributed by atoms with Crippen LogP contribution in [0.25, 0.3) is 0 Å². The van der Waals surface area contributed by atoms with E-state index in [1.165, 1.54) is 29.5 Å². The smallest absolute Gasteiger partial charge is 0.165 e. The molecule has 6 heteroatoms. The Balaban J connectivity index is 1.16. The highest BCUT2D eigenvalue weighted by atomic mass is 19.1. The molecule has 3 aromatic rings. The minimum atomic E-state index is -0.301. The fourth-order valence-corrected chi connectivity index (χ4v) is 6.36. The third-order valence-corrected chi connectivity index (χ3v) is 8.49. The molecule has 3 aromatic carbocycles. The molecule has 1 heterocycles. The van der Waals surface area contributed by atoms with Gasteiger partial charge in [0.2, 0.25) is 0 Å². The Morgan fingerprint density at radius 3 is 2.75 bits per heavy atom. The predicted octanol–water partition coefficient (Wildman–Crippen LogP) is 6.97. The number of nitrogens with zero attached hydrogens (tertiary/aromatic N) is 1. The first-order valence-electron chi connectivity index (χ1n) is 14.7. The first-order chi connectivity index (χ1) is 19.3. The van der Waals surface area contributed by atoms with Crippen LogP contribution in [0, 0.1) is 11.2 Å². The number of aryl methyl sites for hydroxylation is 1. The molecular formula is C34H43FN2O3. The van der Waals surface area contributed by atoms with Crippen molar-refractivity contribution in [2.24, 2.45) is 5.41 Å². The van der Waals surface area contributed by atoms with E-state index in [0.717, 1.165) is 55.9 Å². The molecule has 0 amide bonds. The summed E-state index contributed by atoms with van der Waals surface area (Å²) in [6.45, 7) is 8.79. The first-order valence-corrected chi connectivity index (χ1v) is 14.7. The van der Waals surface area contributed by atoms with Crippen molar-refractivity contribution in [2.45, 2.75) is 58.3 Å². The molecule has 0 bridgehead atoms. The van der Waals surface area contributed by atoms with E-state index in [1.807, 2.05) is 24.3 Å². The molecule has 214 valence electrons. The number of rotatable bonds is 10. The predicted molar refractivity (Wildman–Crippen MR) is 159 cm³/mol. The molecule has 1 fully saturated rings. The lowest BCUT2D eigenvalue weighted by Gasteiger charge is -2.37. The van der Waals surface area contributed by atoms with Crippen molar-refractivity contribution < 1.29 is 19.0 Å². The number of hydrogen-bond acceptors (Lipinski definition) is 5. The molecule has 0 radical (unpaired) electrons. The average Bonchev–Trinajstić information content (AvgIpc) is 2.93. The highest BCUT2D eigenvalue weighted by Crippen LogP contribution is 2.38. The van der Waals surface area contributed by atoms with Gasteiger partial charge >= 0.3 is 0 Å². The quantitative estimate of drug-likeness (QED) is 0.288. The molecule has 5 nitrogen and oxygen atoms in total. The zero-order chi connectivity index (χ0) is 28.1. The van der Waals surface area contributed by atoms with Gasteiger partial charge in [0, 0.05) is 31.4 Å². The minimum Gasteiger partial charge on any atom is -0.508 e.